The molecule has 0 bridgehead atoms. The molecule has 35 heavy (non-hydrogen) atoms. The Hall–Kier alpha value is -3.39. The van der Waals surface area contributed by atoms with Crippen LogP contribution in [0, 0.1) is 5.92 Å². The molecule has 1 fully saturated rings. The summed E-state index contributed by atoms with van der Waals surface area (Å²) in [6.45, 7) is 3.40. The molecule has 2 aliphatic rings. The SMILES string of the molecule is C[C@@H]1C[C@H](C(=O)O)CCN1C(=O)CCOCCNC(=O)OCC1c2ccccc2-c2ccccc21. The van der Waals surface area contributed by atoms with Gasteiger partial charge in [-0.3, -0.25) is 9.59 Å². The molecule has 1 aliphatic carbocycles. The molecule has 4 rings (SSSR count). The quantitative estimate of drug-likeness (QED) is 0.531. The number of fused-ring (bicyclic) bond motifs is 3. The van der Waals surface area contributed by atoms with Crippen molar-refractivity contribution in [3.63, 3.8) is 0 Å². The molecule has 2 atom stereocenters. The third-order valence-electron chi connectivity index (χ3n) is 6.87. The Kier molecular flexibility index (Phi) is 8.02. The van der Waals surface area contributed by atoms with Crippen LogP contribution in [0.2, 0.25) is 0 Å². The maximum absolute atomic E-state index is 12.4. The largest absolute Gasteiger partial charge is 0.481 e. The molecule has 186 valence electrons. The van der Waals surface area contributed by atoms with Crippen LogP contribution in [-0.4, -0.2) is 66.9 Å². The van der Waals surface area contributed by atoms with E-state index in [1.54, 1.807) is 4.90 Å². The number of hydrogen-bond donors (Lipinski definition) is 2. The molecule has 8 heteroatoms. The Morgan fingerprint density at radius 3 is 2.31 bits per heavy atom. The second-order valence-corrected chi connectivity index (χ2v) is 9.11. The number of ether oxygens (including phenoxy) is 2. The number of rotatable bonds is 9. The Balaban J connectivity index is 1.13. The smallest absolute Gasteiger partial charge is 0.407 e. The van der Waals surface area contributed by atoms with Crippen molar-refractivity contribution in [1.29, 1.82) is 0 Å². The molecule has 0 spiro atoms. The molecule has 0 aromatic heterocycles. The summed E-state index contributed by atoms with van der Waals surface area (Å²) < 4.78 is 11.0. The van der Waals surface area contributed by atoms with Gasteiger partial charge in [0.1, 0.15) is 6.61 Å². The monoisotopic (exact) mass is 480 g/mol. The molecule has 8 nitrogen and oxygen atoms in total. The Morgan fingerprint density at radius 2 is 1.69 bits per heavy atom. The molecule has 0 radical (unpaired) electrons. The van der Waals surface area contributed by atoms with Crippen molar-refractivity contribution < 1.29 is 29.0 Å². The first-order valence-electron chi connectivity index (χ1n) is 12.1. The highest BCUT2D eigenvalue weighted by molar-refractivity contribution is 5.79. The first kappa shape index (κ1) is 24.7. The molecule has 0 saturated carbocycles. The van der Waals surface area contributed by atoms with Gasteiger partial charge in [0.25, 0.3) is 0 Å². The van der Waals surface area contributed by atoms with E-state index in [-0.39, 0.29) is 56.6 Å². The molecule has 1 saturated heterocycles. The van der Waals surface area contributed by atoms with Crippen molar-refractivity contribution in [2.24, 2.45) is 5.92 Å². The number of piperidine rings is 1. The number of alkyl carbamates (subject to hydrolysis) is 1. The van der Waals surface area contributed by atoms with E-state index >= 15 is 0 Å². The van der Waals surface area contributed by atoms with Crippen LogP contribution in [0.5, 0.6) is 0 Å². The Bertz CT molecular complexity index is 1030. The number of nitrogens with one attached hydrogen (secondary N) is 1. The van der Waals surface area contributed by atoms with Crippen LogP contribution < -0.4 is 5.32 Å². The fourth-order valence-corrected chi connectivity index (χ4v) is 5.05. The van der Waals surface area contributed by atoms with Crippen molar-refractivity contribution in [2.75, 3.05) is 32.9 Å². The predicted octanol–water partition coefficient (Wildman–Crippen LogP) is 3.64. The normalized spacial score (nSPS) is 19.1. The zero-order valence-corrected chi connectivity index (χ0v) is 19.9. The van der Waals surface area contributed by atoms with Crippen molar-refractivity contribution in [1.82, 2.24) is 10.2 Å². The van der Waals surface area contributed by atoms with E-state index in [0.29, 0.717) is 19.4 Å². The zero-order valence-electron chi connectivity index (χ0n) is 19.9. The average molecular weight is 481 g/mol. The van der Waals surface area contributed by atoms with Crippen LogP contribution >= 0.6 is 0 Å². The second-order valence-electron chi connectivity index (χ2n) is 9.11. The maximum Gasteiger partial charge on any atom is 0.407 e. The highest BCUT2D eigenvalue weighted by Crippen LogP contribution is 2.44. The number of amides is 2. The van der Waals surface area contributed by atoms with Crippen LogP contribution in [0.4, 0.5) is 4.79 Å². The number of carbonyl (C=O) groups is 3. The van der Waals surface area contributed by atoms with Crippen molar-refractivity contribution in [2.45, 2.75) is 38.1 Å². The summed E-state index contributed by atoms with van der Waals surface area (Å²) in [5.41, 5.74) is 4.69. The van der Waals surface area contributed by atoms with Crippen molar-refractivity contribution in [3.8, 4) is 11.1 Å². The van der Waals surface area contributed by atoms with Gasteiger partial charge in [0.05, 0.1) is 25.6 Å². The first-order chi connectivity index (χ1) is 17.0. The lowest BCUT2D eigenvalue weighted by Gasteiger charge is -2.36. The summed E-state index contributed by atoms with van der Waals surface area (Å²) in [4.78, 5) is 37.5. The molecular weight excluding hydrogens is 448 g/mol. The van der Waals surface area contributed by atoms with Crippen LogP contribution in [0.15, 0.2) is 48.5 Å². The molecule has 2 aromatic carbocycles. The van der Waals surface area contributed by atoms with Crippen LogP contribution in [0.25, 0.3) is 11.1 Å². The number of carboxylic acids is 1. The number of carbonyl (C=O) groups excluding carboxylic acids is 2. The number of nitrogens with zero attached hydrogens (tertiary/aromatic N) is 1. The summed E-state index contributed by atoms with van der Waals surface area (Å²) in [5.74, 6) is -1.20. The van der Waals surface area contributed by atoms with Crippen LogP contribution in [-0.2, 0) is 19.1 Å². The van der Waals surface area contributed by atoms with Crippen molar-refractivity contribution >= 4 is 18.0 Å². The molecule has 0 unspecified atom stereocenters. The fraction of sp³-hybridized carbons (Fsp3) is 0.444. The van der Waals surface area contributed by atoms with E-state index in [1.807, 2.05) is 31.2 Å². The predicted molar refractivity (Wildman–Crippen MR) is 130 cm³/mol. The topological polar surface area (TPSA) is 105 Å². The Labute approximate surface area is 205 Å². The zero-order chi connectivity index (χ0) is 24.8. The van der Waals surface area contributed by atoms with Crippen molar-refractivity contribution in [3.05, 3.63) is 59.7 Å². The van der Waals surface area contributed by atoms with Gasteiger partial charge in [-0.1, -0.05) is 48.5 Å². The molecule has 2 N–H and O–H groups in total. The summed E-state index contributed by atoms with van der Waals surface area (Å²) in [5, 5.41) is 11.8. The maximum atomic E-state index is 12.4. The van der Waals surface area contributed by atoms with Gasteiger partial charge in [0, 0.05) is 25.0 Å². The van der Waals surface area contributed by atoms with Gasteiger partial charge in [-0.05, 0) is 42.0 Å². The number of aliphatic carboxylic acids is 1. The summed E-state index contributed by atoms with van der Waals surface area (Å²) >= 11 is 0. The van der Waals surface area contributed by atoms with E-state index in [2.05, 4.69) is 29.6 Å². The van der Waals surface area contributed by atoms with Crippen LogP contribution in [0.1, 0.15) is 43.2 Å². The van der Waals surface area contributed by atoms with Crippen LogP contribution in [0.3, 0.4) is 0 Å². The van der Waals surface area contributed by atoms with Gasteiger partial charge >= 0.3 is 12.1 Å². The van der Waals surface area contributed by atoms with E-state index in [0.717, 1.165) is 11.1 Å². The molecule has 2 amide bonds. The van der Waals surface area contributed by atoms with Gasteiger partial charge in [-0.2, -0.15) is 0 Å². The molecule has 1 heterocycles. The standard InChI is InChI=1S/C27H32N2O6/c1-18-16-19(26(31)32)10-13-29(18)25(30)11-14-34-15-12-28-27(33)35-17-24-22-8-4-2-6-20(22)21-7-3-5-9-23(21)24/h2-9,18-19,24H,10-17H2,1H3,(H,28,33)(H,31,32)/t18-,19-/m1/s1. The minimum atomic E-state index is -0.795. The minimum absolute atomic E-state index is 0.0124. The second kappa shape index (κ2) is 11.4. The number of likely N-dealkylation sites (tertiary alicyclic amines) is 1. The van der Waals surface area contributed by atoms with Gasteiger partial charge in [-0.25, -0.2) is 4.79 Å². The van der Waals surface area contributed by atoms with Gasteiger partial charge < -0.3 is 24.8 Å². The third-order valence-corrected chi connectivity index (χ3v) is 6.87. The molecule has 1 aliphatic heterocycles. The lowest BCUT2D eigenvalue weighted by molar-refractivity contribution is -0.147. The lowest BCUT2D eigenvalue weighted by atomic mass is 9.91. The van der Waals surface area contributed by atoms with E-state index in [4.69, 9.17) is 14.6 Å². The Morgan fingerprint density at radius 1 is 1.03 bits per heavy atom. The molecular formula is C27H32N2O6. The van der Waals surface area contributed by atoms with E-state index in [9.17, 15) is 14.4 Å². The third kappa shape index (κ3) is 5.82. The lowest BCUT2D eigenvalue weighted by Crippen LogP contribution is -2.46. The number of hydrogen-bond acceptors (Lipinski definition) is 5. The number of carboxylic acid groups (broad SMARTS) is 1. The molecule has 2 aromatic rings. The summed E-state index contributed by atoms with van der Waals surface area (Å²) in [7, 11) is 0. The van der Waals surface area contributed by atoms with Gasteiger partial charge in [0.2, 0.25) is 5.91 Å². The fourth-order valence-electron chi connectivity index (χ4n) is 5.05. The minimum Gasteiger partial charge on any atom is -0.481 e. The summed E-state index contributed by atoms with van der Waals surface area (Å²) in [6, 6.07) is 16.3. The number of benzene rings is 2. The van der Waals surface area contributed by atoms with E-state index in [1.165, 1.54) is 11.1 Å². The first-order valence-corrected chi connectivity index (χ1v) is 12.1. The highest BCUT2D eigenvalue weighted by Gasteiger charge is 2.32. The average Bonchev–Trinajstić information content (AvgIpc) is 3.18. The van der Waals surface area contributed by atoms with Gasteiger partial charge in [-0.15, -0.1) is 0 Å². The van der Waals surface area contributed by atoms with Gasteiger partial charge in [0.15, 0.2) is 0 Å². The van der Waals surface area contributed by atoms with E-state index < -0.39 is 12.1 Å². The summed E-state index contributed by atoms with van der Waals surface area (Å²) in [6.07, 6.45) is 0.691. The highest BCUT2D eigenvalue weighted by atomic mass is 16.5.